The summed E-state index contributed by atoms with van der Waals surface area (Å²) in [6, 6.07) is 5.95. The Hall–Kier alpha value is -1.38. The number of ether oxygens (including phenoxy) is 1. The summed E-state index contributed by atoms with van der Waals surface area (Å²) in [5, 5.41) is 0. The van der Waals surface area contributed by atoms with Gasteiger partial charge < -0.3 is 15.4 Å². The molecule has 0 fully saturated rings. The lowest BCUT2D eigenvalue weighted by atomic mass is 10.1. The summed E-state index contributed by atoms with van der Waals surface area (Å²) in [4.78, 5) is 2.20. The predicted molar refractivity (Wildman–Crippen MR) is 74.7 cm³/mol. The molecule has 0 saturated carbocycles. The van der Waals surface area contributed by atoms with Crippen LogP contribution in [0, 0.1) is 5.92 Å². The Morgan fingerprint density at radius 1 is 1.35 bits per heavy atom. The Kier molecular flexibility index (Phi) is 5.13. The molecule has 3 nitrogen and oxygen atoms in total. The van der Waals surface area contributed by atoms with E-state index < -0.39 is 0 Å². The molecule has 0 radical (unpaired) electrons. The van der Waals surface area contributed by atoms with Crippen LogP contribution in [-0.2, 0) is 0 Å². The lowest BCUT2D eigenvalue weighted by Crippen LogP contribution is -2.24. The van der Waals surface area contributed by atoms with E-state index in [9.17, 15) is 0 Å². The third-order valence-electron chi connectivity index (χ3n) is 3.04. The molecule has 3 heteroatoms. The van der Waals surface area contributed by atoms with Crippen molar-refractivity contribution in [1.29, 1.82) is 0 Å². The number of benzene rings is 1. The molecule has 0 spiro atoms. The minimum Gasteiger partial charge on any atom is -0.492 e. The minimum atomic E-state index is 0.642. The number of anilines is 2. The van der Waals surface area contributed by atoms with Gasteiger partial charge in [-0.1, -0.05) is 26.3 Å². The molecule has 0 aliphatic heterocycles. The van der Waals surface area contributed by atoms with E-state index in [0.717, 1.165) is 23.7 Å². The van der Waals surface area contributed by atoms with E-state index in [1.807, 2.05) is 25.1 Å². The maximum absolute atomic E-state index is 6.12. The number of nitrogens with two attached hydrogens (primary N) is 1. The highest BCUT2D eigenvalue weighted by Gasteiger charge is 2.11. The first-order valence-corrected chi connectivity index (χ1v) is 6.32. The fourth-order valence-corrected chi connectivity index (χ4v) is 1.84. The number of para-hydroxylation sites is 1. The van der Waals surface area contributed by atoms with Gasteiger partial charge in [-0.25, -0.2) is 0 Å². The summed E-state index contributed by atoms with van der Waals surface area (Å²) < 4.78 is 5.51. The molecule has 0 aromatic heterocycles. The van der Waals surface area contributed by atoms with Gasteiger partial charge >= 0.3 is 0 Å². The zero-order valence-electron chi connectivity index (χ0n) is 11.4. The molecule has 0 bridgehead atoms. The number of nitrogens with zero attached hydrogens (tertiary/aromatic N) is 1. The fourth-order valence-electron chi connectivity index (χ4n) is 1.84. The maximum atomic E-state index is 6.12. The van der Waals surface area contributed by atoms with E-state index in [1.165, 1.54) is 6.42 Å². The molecule has 2 N–H and O–H groups in total. The summed E-state index contributed by atoms with van der Waals surface area (Å²) >= 11 is 0. The quantitative estimate of drug-likeness (QED) is 0.771. The summed E-state index contributed by atoms with van der Waals surface area (Å²) in [5.74, 6) is 1.44. The molecule has 1 unspecified atom stereocenters. The lowest BCUT2D eigenvalue weighted by Gasteiger charge is -2.25. The van der Waals surface area contributed by atoms with E-state index in [-0.39, 0.29) is 0 Å². The van der Waals surface area contributed by atoms with Crippen LogP contribution < -0.4 is 15.4 Å². The number of nitrogen functional groups attached to an aromatic ring is 1. The van der Waals surface area contributed by atoms with Crippen molar-refractivity contribution in [2.75, 3.05) is 30.8 Å². The molecule has 0 saturated heterocycles. The Labute approximate surface area is 105 Å². The second-order valence-electron chi connectivity index (χ2n) is 4.52. The van der Waals surface area contributed by atoms with Crippen molar-refractivity contribution < 1.29 is 4.74 Å². The molecule has 0 heterocycles. The Morgan fingerprint density at radius 2 is 2.06 bits per heavy atom. The third kappa shape index (κ3) is 3.55. The van der Waals surface area contributed by atoms with E-state index in [0.29, 0.717) is 12.5 Å². The van der Waals surface area contributed by atoms with Gasteiger partial charge in [-0.15, -0.1) is 0 Å². The van der Waals surface area contributed by atoms with Crippen molar-refractivity contribution >= 4 is 11.4 Å². The SMILES string of the molecule is CCOc1cccc(N(C)CC(C)CC)c1N. The normalized spacial score (nSPS) is 12.2. The molecule has 1 rings (SSSR count). The van der Waals surface area contributed by atoms with Gasteiger partial charge in [-0.05, 0) is 25.0 Å². The highest BCUT2D eigenvalue weighted by molar-refractivity contribution is 5.73. The summed E-state index contributed by atoms with van der Waals surface area (Å²) in [7, 11) is 2.08. The van der Waals surface area contributed by atoms with Crippen LogP contribution in [0.5, 0.6) is 5.75 Å². The molecule has 1 aromatic carbocycles. The number of rotatable bonds is 6. The number of hydrogen-bond donors (Lipinski definition) is 1. The minimum absolute atomic E-state index is 0.642. The highest BCUT2D eigenvalue weighted by atomic mass is 16.5. The van der Waals surface area contributed by atoms with Gasteiger partial charge in [0, 0.05) is 13.6 Å². The highest BCUT2D eigenvalue weighted by Crippen LogP contribution is 2.32. The smallest absolute Gasteiger partial charge is 0.144 e. The van der Waals surface area contributed by atoms with Gasteiger partial charge in [-0.2, -0.15) is 0 Å². The molecular weight excluding hydrogens is 212 g/mol. The summed E-state index contributed by atoms with van der Waals surface area (Å²) in [5.41, 5.74) is 7.91. The first-order valence-electron chi connectivity index (χ1n) is 6.32. The van der Waals surface area contributed by atoms with Gasteiger partial charge in [0.05, 0.1) is 18.0 Å². The van der Waals surface area contributed by atoms with Crippen LogP contribution in [0.3, 0.4) is 0 Å². The van der Waals surface area contributed by atoms with Gasteiger partial charge in [-0.3, -0.25) is 0 Å². The first-order chi connectivity index (χ1) is 8.10. The molecule has 96 valence electrons. The van der Waals surface area contributed by atoms with E-state index in [4.69, 9.17) is 10.5 Å². The van der Waals surface area contributed by atoms with Crippen molar-refractivity contribution in [1.82, 2.24) is 0 Å². The van der Waals surface area contributed by atoms with Crippen LogP contribution in [0.1, 0.15) is 27.2 Å². The van der Waals surface area contributed by atoms with Crippen LogP contribution in [0.25, 0.3) is 0 Å². The van der Waals surface area contributed by atoms with Crippen LogP contribution in [0.2, 0.25) is 0 Å². The Balaban J connectivity index is 2.86. The number of hydrogen-bond acceptors (Lipinski definition) is 3. The average Bonchev–Trinajstić information content (AvgIpc) is 2.31. The largest absolute Gasteiger partial charge is 0.492 e. The average molecular weight is 236 g/mol. The van der Waals surface area contributed by atoms with Crippen molar-refractivity contribution in [2.24, 2.45) is 5.92 Å². The van der Waals surface area contributed by atoms with Crippen molar-refractivity contribution in [3.63, 3.8) is 0 Å². The zero-order chi connectivity index (χ0) is 12.8. The van der Waals surface area contributed by atoms with Crippen LogP contribution in [-0.4, -0.2) is 20.2 Å². The van der Waals surface area contributed by atoms with Gasteiger partial charge in [0.15, 0.2) is 0 Å². The molecule has 1 aromatic rings. The monoisotopic (exact) mass is 236 g/mol. The molecule has 0 amide bonds. The predicted octanol–water partition coefficient (Wildman–Crippen LogP) is 3.15. The van der Waals surface area contributed by atoms with Crippen molar-refractivity contribution in [3.8, 4) is 5.75 Å². The van der Waals surface area contributed by atoms with Gasteiger partial charge in [0.1, 0.15) is 5.75 Å². The molecule has 0 aliphatic carbocycles. The molecule has 1 atom stereocenters. The Morgan fingerprint density at radius 3 is 2.65 bits per heavy atom. The van der Waals surface area contributed by atoms with Crippen LogP contribution in [0.15, 0.2) is 18.2 Å². The maximum Gasteiger partial charge on any atom is 0.144 e. The fraction of sp³-hybridized carbons (Fsp3) is 0.571. The van der Waals surface area contributed by atoms with Gasteiger partial charge in [0.2, 0.25) is 0 Å². The van der Waals surface area contributed by atoms with Gasteiger partial charge in [0.25, 0.3) is 0 Å². The third-order valence-corrected chi connectivity index (χ3v) is 3.04. The van der Waals surface area contributed by atoms with E-state index in [2.05, 4.69) is 25.8 Å². The molecule has 0 aliphatic rings. The van der Waals surface area contributed by atoms with E-state index in [1.54, 1.807) is 0 Å². The van der Waals surface area contributed by atoms with Crippen LogP contribution in [0.4, 0.5) is 11.4 Å². The van der Waals surface area contributed by atoms with Crippen molar-refractivity contribution in [3.05, 3.63) is 18.2 Å². The standard InChI is InChI=1S/C14H24N2O/c1-5-11(3)10-16(4)12-8-7-9-13(14(12)15)17-6-2/h7-9,11H,5-6,10,15H2,1-4H3. The summed E-state index contributed by atoms with van der Waals surface area (Å²) in [6.45, 7) is 8.07. The second-order valence-corrected chi connectivity index (χ2v) is 4.52. The molecule has 17 heavy (non-hydrogen) atoms. The van der Waals surface area contributed by atoms with E-state index >= 15 is 0 Å². The lowest BCUT2D eigenvalue weighted by molar-refractivity contribution is 0.342. The Bertz CT molecular complexity index is 352. The molecular formula is C14H24N2O. The second kappa shape index (κ2) is 6.38. The van der Waals surface area contributed by atoms with Crippen LogP contribution >= 0.6 is 0 Å². The first kappa shape index (κ1) is 13.7. The summed E-state index contributed by atoms with van der Waals surface area (Å²) in [6.07, 6.45) is 1.18. The topological polar surface area (TPSA) is 38.5 Å². The zero-order valence-corrected chi connectivity index (χ0v) is 11.4. The van der Waals surface area contributed by atoms with Crippen molar-refractivity contribution in [2.45, 2.75) is 27.2 Å².